The van der Waals surface area contributed by atoms with Crippen molar-refractivity contribution in [2.24, 2.45) is 23.7 Å². The number of rotatable bonds is 6. The van der Waals surface area contributed by atoms with Gasteiger partial charge in [-0.2, -0.15) is 0 Å². The topological polar surface area (TPSA) is 6.48 Å². The molecule has 2 heterocycles. The van der Waals surface area contributed by atoms with Crippen LogP contribution < -0.4 is 0 Å². The van der Waals surface area contributed by atoms with E-state index in [-0.39, 0.29) is 0 Å². The highest BCUT2D eigenvalue weighted by Crippen LogP contribution is 2.20. The van der Waals surface area contributed by atoms with Crippen molar-refractivity contribution in [2.75, 3.05) is 39.3 Å². The average molecular weight is 339 g/mol. The average Bonchev–Trinajstić information content (AvgIpc) is 2.54. The predicted molar refractivity (Wildman–Crippen MR) is 109 cm³/mol. The number of nitrogens with zero attached hydrogens (tertiary/aromatic N) is 2. The van der Waals surface area contributed by atoms with E-state index in [0.29, 0.717) is 0 Å². The van der Waals surface area contributed by atoms with Crippen molar-refractivity contribution in [3.8, 4) is 0 Å². The van der Waals surface area contributed by atoms with Crippen LogP contribution in [0.5, 0.6) is 0 Å². The molecule has 1 unspecified atom stereocenters. The van der Waals surface area contributed by atoms with E-state index in [1.807, 2.05) is 0 Å². The summed E-state index contributed by atoms with van der Waals surface area (Å²) in [6.07, 6.45) is 8.51. The molecule has 0 bridgehead atoms. The van der Waals surface area contributed by atoms with E-state index in [0.717, 1.165) is 23.7 Å². The monoisotopic (exact) mass is 338 g/mol. The summed E-state index contributed by atoms with van der Waals surface area (Å²) in [4.78, 5) is 5.28. The largest absolute Gasteiger partial charge is 0.303 e. The first-order valence-electron chi connectivity index (χ1n) is 10.9. The van der Waals surface area contributed by atoms with Crippen molar-refractivity contribution in [2.45, 2.75) is 80.1 Å². The minimum absolute atomic E-state index is 0.834. The summed E-state index contributed by atoms with van der Waals surface area (Å²) in [7, 11) is 0. The molecular formula is C22H46N2. The van der Waals surface area contributed by atoms with Crippen LogP contribution in [0, 0.1) is 23.7 Å². The van der Waals surface area contributed by atoms with E-state index in [9.17, 15) is 0 Å². The molecule has 2 heteroatoms. The highest BCUT2D eigenvalue weighted by atomic mass is 15.1. The second-order valence-electron chi connectivity index (χ2n) is 9.14. The van der Waals surface area contributed by atoms with Crippen molar-refractivity contribution < 1.29 is 0 Å². The Hall–Kier alpha value is -0.0800. The predicted octanol–water partition coefficient (Wildman–Crippen LogP) is 5.53. The van der Waals surface area contributed by atoms with Crippen molar-refractivity contribution in [1.29, 1.82) is 0 Å². The Morgan fingerprint density at radius 1 is 0.708 bits per heavy atom. The molecule has 2 nitrogen and oxygen atoms in total. The van der Waals surface area contributed by atoms with Gasteiger partial charge in [-0.3, -0.25) is 0 Å². The van der Waals surface area contributed by atoms with E-state index in [1.165, 1.54) is 77.8 Å². The zero-order valence-corrected chi connectivity index (χ0v) is 17.7. The van der Waals surface area contributed by atoms with Gasteiger partial charge in [0.15, 0.2) is 0 Å². The van der Waals surface area contributed by atoms with Crippen LogP contribution in [-0.2, 0) is 0 Å². The number of piperidine rings is 2. The van der Waals surface area contributed by atoms with Gasteiger partial charge in [-0.1, -0.05) is 54.4 Å². The van der Waals surface area contributed by atoms with Crippen molar-refractivity contribution in [3.05, 3.63) is 0 Å². The molecule has 0 aromatic rings. The minimum Gasteiger partial charge on any atom is -0.303 e. The Morgan fingerprint density at radius 2 is 1.08 bits per heavy atom. The molecule has 2 saturated heterocycles. The van der Waals surface area contributed by atoms with Crippen LogP contribution in [0.4, 0.5) is 0 Å². The maximum Gasteiger partial charge on any atom is 0.000967 e. The van der Waals surface area contributed by atoms with Crippen LogP contribution in [-0.4, -0.2) is 49.1 Å². The number of hydrogen-bond donors (Lipinski definition) is 0. The van der Waals surface area contributed by atoms with Crippen molar-refractivity contribution in [3.63, 3.8) is 0 Å². The number of hydrogen-bond acceptors (Lipinski definition) is 2. The van der Waals surface area contributed by atoms with Crippen LogP contribution in [0.2, 0.25) is 0 Å². The Bertz CT molecular complexity index is 270. The lowest BCUT2D eigenvalue weighted by Gasteiger charge is -2.33. The third kappa shape index (κ3) is 9.42. The summed E-state index contributed by atoms with van der Waals surface area (Å²) in [6, 6.07) is 0. The SMILES string of the molecule is CCC1CCCN(CC(C)C)C1.CC[C@H]1CCCN(CC(C)C)C1. The second-order valence-corrected chi connectivity index (χ2v) is 9.14. The zero-order chi connectivity index (χ0) is 17.9. The normalized spacial score (nSPS) is 26.5. The molecule has 0 radical (unpaired) electrons. The Balaban J connectivity index is 0.000000240. The molecule has 0 spiro atoms. The van der Waals surface area contributed by atoms with Gasteiger partial charge in [-0.15, -0.1) is 0 Å². The Morgan fingerprint density at radius 3 is 1.38 bits per heavy atom. The molecule has 2 rings (SSSR count). The maximum atomic E-state index is 2.64. The fraction of sp³-hybridized carbons (Fsp3) is 1.00. The Labute approximate surface area is 153 Å². The summed E-state index contributed by atoms with van der Waals surface area (Å²) in [5.74, 6) is 3.64. The van der Waals surface area contributed by atoms with Gasteiger partial charge in [0.2, 0.25) is 0 Å². The smallest absolute Gasteiger partial charge is 0.000967 e. The van der Waals surface area contributed by atoms with Crippen LogP contribution in [0.1, 0.15) is 80.1 Å². The second kappa shape index (κ2) is 12.3. The molecule has 0 N–H and O–H groups in total. The highest BCUT2D eigenvalue weighted by molar-refractivity contribution is 4.73. The third-order valence-corrected chi connectivity index (χ3v) is 5.61. The van der Waals surface area contributed by atoms with Crippen LogP contribution in [0.15, 0.2) is 0 Å². The van der Waals surface area contributed by atoms with E-state index < -0.39 is 0 Å². The summed E-state index contributed by atoms with van der Waals surface area (Å²) in [5, 5.41) is 0. The molecule has 0 aliphatic carbocycles. The van der Waals surface area contributed by atoms with Gasteiger partial charge in [0.05, 0.1) is 0 Å². The molecule has 0 aromatic heterocycles. The van der Waals surface area contributed by atoms with Crippen LogP contribution >= 0.6 is 0 Å². The molecule has 2 aliphatic rings. The standard InChI is InChI=1S/2C11H23N/c2*1-4-11-6-5-7-12(9-11)8-10(2)3/h2*10-11H,4-9H2,1-3H3/t11-;/m0./s1. The summed E-state index contributed by atoms with van der Waals surface area (Å²) >= 11 is 0. The first-order chi connectivity index (χ1) is 11.4. The molecule has 2 fully saturated rings. The van der Waals surface area contributed by atoms with Crippen LogP contribution in [0.25, 0.3) is 0 Å². The zero-order valence-electron chi connectivity index (χ0n) is 17.7. The highest BCUT2D eigenvalue weighted by Gasteiger charge is 2.19. The van der Waals surface area contributed by atoms with E-state index in [1.54, 1.807) is 0 Å². The summed E-state index contributed by atoms with van der Waals surface area (Å²) in [6.45, 7) is 21.9. The number of likely N-dealkylation sites (tertiary alicyclic amines) is 2. The van der Waals surface area contributed by atoms with E-state index in [2.05, 4.69) is 51.3 Å². The first-order valence-corrected chi connectivity index (χ1v) is 10.9. The molecule has 0 saturated carbocycles. The molecule has 2 aliphatic heterocycles. The van der Waals surface area contributed by atoms with Crippen LogP contribution in [0.3, 0.4) is 0 Å². The molecule has 2 atom stereocenters. The van der Waals surface area contributed by atoms with Gasteiger partial charge in [-0.05, 0) is 62.4 Å². The third-order valence-electron chi connectivity index (χ3n) is 5.61. The molecular weight excluding hydrogens is 292 g/mol. The van der Waals surface area contributed by atoms with Gasteiger partial charge in [0, 0.05) is 26.2 Å². The van der Waals surface area contributed by atoms with Gasteiger partial charge in [0.25, 0.3) is 0 Å². The van der Waals surface area contributed by atoms with Gasteiger partial charge >= 0.3 is 0 Å². The molecule has 24 heavy (non-hydrogen) atoms. The van der Waals surface area contributed by atoms with E-state index >= 15 is 0 Å². The van der Waals surface area contributed by atoms with Gasteiger partial charge < -0.3 is 9.80 Å². The fourth-order valence-corrected chi connectivity index (χ4v) is 4.33. The lowest BCUT2D eigenvalue weighted by atomic mass is 9.95. The van der Waals surface area contributed by atoms with E-state index in [4.69, 9.17) is 0 Å². The fourth-order valence-electron chi connectivity index (χ4n) is 4.33. The van der Waals surface area contributed by atoms with Crippen molar-refractivity contribution >= 4 is 0 Å². The van der Waals surface area contributed by atoms with Crippen molar-refractivity contribution in [1.82, 2.24) is 9.80 Å². The van der Waals surface area contributed by atoms with Gasteiger partial charge in [0.1, 0.15) is 0 Å². The quantitative estimate of drug-likeness (QED) is 0.628. The molecule has 0 aromatic carbocycles. The summed E-state index contributed by atoms with van der Waals surface area (Å²) < 4.78 is 0. The Kier molecular flexibility index (Phi) is 11.3. The molecule has 0 amide bonds. The lowest BCUT2D eigenvalue weighted by Crippen LogP contribution is -2.37. The molecule has 144 valence electrons. The summed E-state index contributed by atoms with van der Waals surface area (Å²) in [5.41, 5.74) is 0. The minimum atomic E-state index is 0.834. The first kappa shape index (κ1) is 22.0. The van der Waals surface area contributed by atoms with Gasteiger partial charge in [-0.25, -0.2) is 0 Å². The maximum absolute atomic E-state index is 2.64. The lowest BCUT2D eigenvalue weighted by molar-refractivity contribution is 0.156.